The molecule has 1 amide bonds. The molecule has 0 aliphatic carbocycles. The summed E-state index contributed by atoms with van der Waals surface area (Å²) in [6.45, 7) is 0.386. The third-order valence-corrected chi connectivity index (χ3v) is 5.55. The molecule has 1 aromatic carbocycles. The van der Waals surface area contributed by atoms with Gasteiger partial charge in [0.25, 0.3) is 5.91 Å². The number of carbonyl (C=O) groups is 1. The Balaban J connectivity index is 2.34. The van der Waals surface area contributed by atoms with E-state index in [4.69, 9.17) is 11.5 Å². The van der Waals surface area contributed by atoms with Gasteiger partial charge in [-0.25, -0.2) is 4.68 Å². The molecule has 0 radical (unpaired) electrons. The molecule has 4 N–H and O–H groups in total. The molecular weight excluding hydrogens is 446 g/mol. The highest BCUT2D eigenvalue weighted by Gasteiger charge is 2.15. The van der Waals surface area contributed by atoms with Crippen LogP contribution in [0.5, 0.6) is 0 Å². The molecule has 6 nitrogen and oxygen atoms in total. The lowest BCUT2D eigenvalue weighted by atomic mass is 10.2. The van der Waals surface area contributed by atoms with E-state index in [2.05, 4.69) is 58.1 Å². The monoisotopic (exact) mass is 451 g/mol. The SMILES string of the molecule is NC(=O)c1nnn(Cc2cc(Br)c(Br)c(Br)c2)c1N. The number of rotatable bonds is 3. The molecule has 0 saturated carbocycles. The predicted octanol–water partition coefficient (Wildman–Crippen LogP) is 2.29. The number of nitrogens with zero attached hydrogens (tertiary/aromatic N) is 3. The molecule has 0 spiro atoms. The normalized spacial score (nSPS) is 10.7. The molecular formula is C10H8Br3N5O. The van der Waals surface area contributed by atoms with Crippen LogP contribution in [0.25, 0.3) is 0 Å². The molecule has 100 valence electrons. The summed E-state index contributed by atoms with van der Waals surface area (Å²) in [4.78, 5) is 11.0. The van der Waals surface area contributed by atoms with Crippen LogP contribution in [0.4, 0.5) is 5.82 Å². The Bertz CT molecular complexity index is 632. The summed E-state index contributed by atoms with van der Waals surface area (Å²) in [6.07, 6.45) is 0. The molecule has 1 heterocycles. The summed E-state index contributed by atoms with van der Waals surface area (Å²) in [5.74, 6) is -0.537. The Morgan fingerprint density at radius 3 is 2.32 bits per heavy atom. The fraction of sp³-hybridized carbons (Fsp3) is 0.100. The van der Waals surface area contributed by atoms with E-state index in [-0.39, 0.29) is 11.5 Å². The zero-order valence-corrected chi connectivity index (χ0v) is 14.2. The van der Waals surface area contributed by atoms with Gasteiger partial charge in [-0.05, 0) is 65.5 Å². The topological polar surface area (TPSA) is 99.8 Å². The van der Waals surface area contributed by atoms with Crippen molar-refractivity contribution in [2.45, 2.75) is 6.54 Å². The molecule has 9 heteroatoms. The first-order valence-corrected chi connectivity index (χ1v) is 7.40. The summed E-state index contributed by atoms with van der Waals surface area (Å²) in [6, 6.07) is 3.83. The van der Waals surface area contributed by atoms with Crippen molar-refractivity contribution in [1.29, 1.82) is 0 Å². The molecule has 1 aromatic heterocycles. The molecule has 0 saturated heterocycles. The molecule has 0 aliphatic rings. The number of nitrogen functional groups attached to an aromatic ring is 1. The number of benzene rings is 1. The Morgan fingerprint density at radius 1 is 1.26 bits per heavy atom. The average molecular weight is 454 g/mol. The minimum absolute atomic E-state index is 0.0183. The van der Waals surface area contributed by atoms with Crippen LogP contribution in [0.3, 0.4) is 0 Å². The van der Waals surface area contributed by atoms with Crippen LogP contribution < -0.4 is 11.5 Å². The van der Waals surface area contributed by atoms with Crippen molar-refractivity contribution >= 4 is 59.5 Å². The number of aromatic nitrogens is 3. The molecule has 0 bridgehead atoms. The standard InChI is InChI=1S/C10H8Br3N5O/c11-5-1-4(2-6(12)7(5)13)3-18-9(14)8(10(15)19)16-17-18/h1-2H,3,14H2,(H2,15,19). The Labute approximate surface area is 133 Å². The second kappa shape index (κ2) is 5.59. The van der Waals surface area contributed by atoms with E-state index >= 15 is 0 Å². The van der Waals surface area contributed by atoms with Crippen LogP contribution in [0, 0.1) is 0 Å². The van der Waals surface area contributed by atoms with Gasteiger partial charge >= 0.3 is 0 Å². The van der Waals surface area contributed by atoms with Gasteiger partial charge in [0, 0.05) is 13.4 Å². The second-order valence-corrected chi connectivity index (χ2v) is 6.22. The summed E-state index contributed by atoms with van der Waals surface area (Å²) >= 11 is 10.3. The van der Waals surface area contributed by atoms with Gasteiger partial charge in [0.15, 0.2) is 11.5 Å². The highest BCUT2D eigenvalue weighted by Crippen LogP contribution is 2.32. The number of carbonyl (C=O) groups excluding carboxylic acids is 1. The van der Waals surface area contributed by atoms with Crippen LogP contribution in [0.2, 0.25) is 0 Å². The number of halogens is 3. The van der Waals surface area contributed by atoms with E-state index in [1.54, 1.807) is 0 Å². The summed E-state index contributed by atoms with van der Waals surface area (Å²) in [5, 5.41) is 7.47. The second-order valence-electron chi connectivity index (χ2n) is 3.72. The van der Waals surface area contributed by atoms with Crippen LogP contribution in [-0.4, -0.2) is 20.9 Å². The third kappa shape index (κ3) is 2.98. The maximum Gasteiger partial charge on any atom is 0.273 e. The maximum atomic E-state index is 11.0. The van der Waals surface area contributed by atoms with E-state index in [9.17, 15) is 4.79 Å². The van der Waals surface area contributed by atoms with E-state index in [0.717, 1.165) is 19.0 Å². The van der Waals surface area contributed by atoms with Crippen molar-refractivity contribution in [1.82, 2.24) is 15.0 Å². The molecule has 0 fully saturated rings. The van der Waals surface area contributed by atoms with E-state index in [0.29, 0.717) is 6.54 Å². The van der Waals surface area contributed by atoms with Crippen LogP contribution in [0.15, 0.2) is 25.6 Å². The van der Waals surface area contributed by atoms with Crippen LogP contribution in [0.1, 0.15) is 16.1 Å². The highest BCUT2D eigenvalue weighted by molar-refractivity contribution is 9.14. The van der Waals surface area contributed by atoms with Gasteiger partial charge in [-0.3, -0.25) is 4.79 Å². The lowest BCUT2D eigenvalue weighted by molar-refractivity contribution is 0.0996. The smallest absolute Gasteiger partial charge is 0.273 e. The minimum Gasteiger partial charge on any atom is -0.382 e. The number of amides is 1. The van der Waals surface area contributed by atoms with Crippen molar-refractivity contribution in [3.63, 3.8) is 0 Å². The number of nitrogens with two attached hydrogens (primary N) is 2. The minimum atomic E-state index is -0.693. The van der Waals surface area contributed by atoms with Gasteiger partial charge in [-0.1, -0.05) is 5.21 Å². The quantitative estimate of drug-likeness (QED) is 0.696. The third-order valence-electron chi connectivity index (χ3n) is 2.38. The number of primary amides is 1. The van der Waals surface area contributed by atoms with Gasteiger partial charge in [0.05, 0.1) is 6.54 Å². The van der Waals surface area contributed by atoms with Crippen molar-refractivity contribution in [3.8, 4) is 0 Å². The largest absolute Gasteiger partial charge is 0.382 e. The van der Waals surface area contributed by atoms with E-state index in [1.807, 2.05) is 12.1 Å². The van der Waals surface area contributed by atoms with Gasteiger partial charge in [0.2, 0.25) is 0 Å². The van der Waals surface area contributed by atoms with Crippen molar-refractivity contribution < 1.29 is 4.79 Å². The summed E-state index contributed by atoms with van der Waals surface area (Å²) < 4.78 is 4.12. The van der Waals surface area contributed by atoms with Crippen LogP contribution >= 0.6 is 47.8 Å². The molecule has 0 aliphatic heterocycles. The Hall–Kier alpha value is -0.930. The van der Waals surface area contributed by atoms with Crippen molar-refractivity contribution in [3.05, 3.63) is 36.8 Å². The Kier molecular flexibility index (Phi) is 4.26. The zero-order chi connectivity index (χ0) is 14.2. The molecule has 2 aromatic rings. The molecule has 19 heavy (non-hydrogen) atoms. The first kappa shape index (κ1) is 14.5. The maximum absolute atomic E-state index is 11.0. The fourth-order valence-electron chi connectivity index (χ4n) is 1.48. The first-order chi connectivity index (χ1) is 8.90. The number of hydrogen-bond acceptors (Lipinski definition) is 4. The highest BCUT2D eigenvalue weighted by atomic mass is 79.9. The average Bonchev–Trinajstić information content (AvgIpc) is 2.68. The van der Waals surface area contributed by atoms with Gasteiger partial charge in [-0.2, -0.15) is 0 Å². The Morgan fingerprint density at radius 2 is 1.84 bits per heavy atom. The van der Waals surface area contributed by atoms with Gasteiger partial charge in [0.1, 0.15) is 0 Å². The lowest BCUT2D eigenvalue weighted by Gasteiger charge is -2.07. The molecule has 0 atom stereocenters. The summed E-state index contributed by atoms with van der Waals surface area (Å²) in [7, 11) is 0. The van der Waals surface area contributed by atoms with Gasteiger partial charge < -0.3 is 11.5 Å². The van der Waals surface area contributed by atoms with E-state index in [1.165, 1.54) is 4.68 Å². The molecule has 2 rings (SSSR count). The summed E-state index contributed by atoms with van der Waals surface area (Å²) in [5.41, 5.74) is 11.8. The van der Waals surface area contributed by atoms with Crippen molar-refractivity contribution in [2.24, 2.45) is 5.73 Å². The van der Waals surface area contributed by atoms with Crippen molar-refractivity contribution in [2.75, 3.05) is 5.73 Å². The first-order valence-electron chi connectivity index (χ1n) is 5.02. The fourth-order valence-corrected chi connectivity index (χ4v) is 3.00. The number of hydrogen-bond donors (Lipinski definition) is 2. The van der Waals surface area contributed by atoms with Gasteiger partial charge in [-0.15, -0.1) is 5.10 Å². The number of anilines is 1. The zero-order valence-electron chi connectivity index (χ0n) is 9.40. The lowest BCUT2D eigenvalue weighted by Crippen LogP contribution is -2.15. The predicted molar refractivity (Wildman–Crippen MR) is 81.6 cm³/mol. The van der Waals surface area contributed by atoms with E-state index < -0.39 is 5.91 Å². The molecule has 0 unspecified atom stereocenters. The van der Waals surface area contributed by atoms with Crippen LogP contribution in [-0.2, 0) is 6.54 Å².